The van der Waals surface area contributed by atoms with E-state index in [4.69, 9.17) is 17.3 Å². The number of carboxylic acids is 1. The van der Waals surface area contributed by atoms with Crippen molar-refractivity contribution in [2.45, 2.75) is 36.1 Å². The summed E-state index contributed by atoms with van der Waals surface area (Å²) in [5.41, 5.74) is 9.98. The maximum Gasteiger partial charge on any atom is 0.323 e. The Morgan fingerprint density at radius 1 is 1.14 bits per heavy atom. The number of benzene rings is 3. The summed E-state index contributed by atoms with van der Waals surface area (Å²) in [4.78, 5) is 32.8. The highest BCUT2D eigenvalue weighted by Crippen LogP contribution is 2.56. The molecule has 184 valence electrons. The van der Waals surface area contributed by atoms with Gasteiger partial charge in [0, 0.05) is 44.8 Å². The van der Waals surface area contributed by atoms with E-state index >= 15 is 0 Å². The minimum atomic E-state index is -1.46. The van der Waals surface area contributed by atoms with Gasteiger partial charge in [0.2, 0.25) is 5.91 Å². The first-order chi connectivity index (χ1) is 17.2. The number of H-pyrrole nitrogens is 1. The average molecular weight is 520 g/mol. The molecule has 1 aromatic heterocycles. The number of carboxylic acid groups (broad SMARTS) is 1. The number of hydrogen-bond donors (Lipinski definition) is 3. The van der Waals surface area contributed by atoms with Gasteiger partial charge in [0.25, 0.3) is 0 Å². The van der Waals surface area contributed by atoms with E-state index in [1.165, 1.54) is 11.8 Å². The van der Waals surface area contributed by atoms with E-state index in [0.717, 1.165) is 32.5 Å². The number of hydrogen-bond acceptors (Lipinski definition) is 4. The lowest BCUT2D eigenvalue weighted by atomic mass is 9.86. The van der Waals surface area contributed by atoms with Crippen LogP contribution < -0.4 is 5.73 Å². The fourth-order valence-corrected chi connectivity index (χ4v) is 6.62. The lowest BCUT2D eigenvalue weighted by molar-refractivity contribution is -0.142. The molecular weight excluding hydrogens is 494 g/mol. The average Bonchev–Trinajstić information content (AvgIpc) is 3.34. The zero-order chi connectivity index (χ0) is 25.6. The number of aromatic amines is 1. The quantitative estimate of drug-likeness (QED) is 0.269. The molecule has 0 saturated carbocycles. The summed E-state index contributed by atoms with van der Waals surface area (Å²) in [5, 5.41) is 12.2. The molecule has 1 fully saturated rings. The fraction of sp³-hybridized carbons (Fsp3) is 0.214. The van der Waals surface area contributed by atoms with Crippen molar-refractivity contribution in [1.29, 1.82) is 0 Å². The largest absolute Gasteiger partial charge is 0.480 e. The van der Waals surface area contributed by atoms with E-state index in [0.29, 0.717) is 10.7 Å². The number of amides is 1. The van der Waals surface area contributed by atoms with Crippen molar-refractivity contribution in [3.8, 4) is 0 Å². The van der Waals surface area contributed by atoms with Crippen LogP contribution in [-0.4, -0.2) is 31.6 Å². The second-order valence-electron chi connectivity index (χ2n) is 9.28. The number of aliphatic carboxylic acids is 1. The molecule has 1 amide bonds. The molecule has 0 spiro atoms. The molecule has 0 radical (unpaired) electrons. The maximum atomic E-state index is 13.8. The summed E-state index contributed by atoms with van der Waals surface area (Å²) in [7, 11) is 0. The zero-order valence-corrected chi connectivity index (χ0v) is 21.4. The highest BCUT2D eigenvalue weighted by atomic mass is 35.5. The number of halogens is 1. The normalized spacial score (nSPS) is 21.9. The molecule has 3 atom stereocenters. The number of aromatic nitrogens is 1. The molecule has 1 aliphatic heterocycles. The molecule has 3 unspecified atom stereocenters. The Kier molecular flexibility index (Phi) is 6.22. The predicted octanol–water partition coefficient (Wildman–Crippen LogP) is 6.05. The summed E-state index contributed by atoms with van der Waals surface area (Å²) < 4.78 is -1.46. The smallest absolute Gasteiger partial charge is 0.323 e. The zero-order valence-electron chi connectivity index (χ0n) is 19.9. The molecule has 1 saturated heterocycles. The van der Waals surface area contributed by atoms with E-state index in [-0.39, 0.29) is 12.5 Å². The topological polar surface area (TPSA) is 99.4 Å². The van der Waals surface area contributed by atoms with E-state index in [1.54, 1.807) is 42.3 Å². The van der Waals surface area contributed by atoms with Crippen LogP contribution in [0.2, 0.25) is 5.02 Å². The lowest BCUT2D eigenvalue weighted by Crippen LogP contribution is -2.44. The molecule has 0 aliphatic carbocycles. The van der Waals surface area contributed by atoms with Crippen LogP contribution in [0.25, 0.3) is 10.9 Å². The van der Waals surface area contributed by atoms with Gasteiger partial charge < -0.3 is 20.7 Å². The summed E-state index contributed by atoms with van der Waals surface area (Å²) in [6.07, 6.45) is 1.81. The third kappa shape index (κ3) is 4.02. The van der Waals surface area contributed by atoms with E-state index in [1.807, 2.05) is 49.4 Å². The molecule has 2 heterocycles. The number of nitrogens with one attached hydrogen (secondary N) is 1. The molecular formula is C28H26ClN3O3S. The summed E-state index contributed by atoms with van der Waals surface area (Å²) in [6, 6.07) is 19.8. The van der Waals surface area contributed by atoms with Crippen LogP contribution in [0, 0.1) is 12.8 Å². The Morgan fingerprint density at radius 2 is 1.83 bits per heavy atom. The van der Waals surface area contributed by atoms with Crippen molar-refractivity contribution in [2.24, 2.45) is 5.92 Å². The molecule has 5 rings (SSSR count). The molecule has 6 nitrogen and oxygen atoms in total. The predicted molar refractivity (Wildman–Crippen MR) is 144 cm³/mol. The number of nitrogens with zero attached hydrogens (tertiary/aromatic N) is 1. The summed E-state index contributed by atoms with van der Waals surface area (Å²) >= 11 is 7.46. The van der Waals surface area contributed by atoms with Gasteiger partial charge in [0.1, 0.15) is 0 Å². The molecule has 4 aromatic rings. The van der Waals surface area contributed by atoms with E-state index in [9.17, 15) is 14.7 Å². The number of nitrogen functional groups attached to an aromatic ring is 1. The Morgan fingerprint density at radius 3 is 2.50 bits per heavy atom. The van der Waals surface area contributed by atoms with Crippen molar-refractivity contribution in [2.75, 3.05) is 5.73 Å². The van der Waals surface area contributed by atoms with Crippen LogP contribution in [0.1, 0.15) is 29.7 Å². The number of carbonyl (C=O) groups excluding carboxylic acids is 1. The van der Waals surface area contributed by atoms with Gasteiger partial charge in [-0.3, -0.25) is 9.59 Å². The van der Waals surface area contributed by atoms with Crippen LogP contribution in [0.4, 0.5) is 5.69 Å². The number of fused-ring (bicyclic) bond motifs is 1. The van der Waals surface area contributed by atoms with Crippen LogP contribution >= 0.6 is 23.4 Å². The van der Waals surface area contributed by atoms with Gasteiger partial charge in [-0.25, -0.2) is 0 Å². The third-order valence-corrected chi connectivity index (χ3v) is 8.79. The number of rotatable bonds is 6. The molecule has 36 heavy (non-hydrogen) atoms. The highest BCUT2D eigenvalue weighted by molar-refractivity contribution is 8.01. The summed E-state index contributed by atoms with van der Waals surface area (Å²) in [6.45, 7) is 3.97. The first kappa shape index (κ1) is 24.3. The minimum absolute atomic E-state index is 0.206. The van der Waals surface area contributed by atoms with Gasteiger partial charge in [-0.1, -0.05) is 54.4 Å². The second kappa shape index (κ2) is 9.22. The van der Waals surface area contributed by atoms with Crippen LogP contribution in [0.3, 0.4) is 0 Å². The van der Waals surface area contributed by atoms with Crippen molar-refractivity contribution in [3.05, 3.63) is 94.6 Å². The molecule has 1 aliphatic rings. The Hall–Kier alpha value is -3.42. The van der Waals surface area contributed by atoms with Gasteiger partial charge in [-0.2, -0.15) is 0 Å². The van der Waals surface area contributed by atoms with Crippen molar-refractivity contribution < 1.29 is 14.7 Å². The van der Waals surface area contributed by atoms with E-state index < -0.39 is 22.7 Å². The maximum absolute atomic E-state index is 13.8. The number of thioether (sulfide) groups is 1. The second-order valence-corrected chi connectivity index (χ2v) is 11.1. The third-order valence-electron chi connectivity index (χ3n) is 6.96. The molecule has 8 heteroatoms. The van der Waals surface area contributed by atoms with Gasteiger partial charge in [-0.15, -0.1) is 11.8 Å². The summed E-state index contributed by atoms with van der Waals surface area (Å²) in [5.74, 6) is -2.01. The van der Waals surface area contributed by atoms with Crippen LogP contribution in [0.15, 0.2) is 77.8 Å². The monoisotopic (exact) mass is 519 g/mol. The van der Waals surface area contributed by atoms with Crippen molar-refractivity contribution >= 4 is 51.8 Å². The first-order valence-corrected chi connectivity index (χ1v) is 12.8. The van der Waals surface area contributed by atoms with Crippen LogP contribution in [-0.2, 0) is 16.1 Å². The van der Waals surface area contributed by atoms with Gasteiger partial charge in [0.05, 0.1) is 12.0 Å². The number of nitrogens with two attached hydrogens (primary N) is 1. The number of aryl methyl sites for hydroxylation is 1. The Bertz CT molecular complexity index is 1450. The first-order valence-electron chi connectivity index (χ1n) is 11.6. The van der Waals surface area contributed by atoms with Crippen molar-refractivity contribution in [1.82, 2.24) is 9.88 Å². The Balaban J connectivity index is 1.70. The van der Waals surface area contributed by atoms with Crippen molar-refractivity contribution in [3.63, 3.8) is 0 Å². The van der Waals surface area contributed by atoms with Crippen LogP contribution in [0.5, 0.6) is 0 Å². The fourth-order valence-electron chi connectivity index (χ4n) is 5.05. The number of carbonyl (C=O) groups is 2. The SMILES string of the molecule is Cc1ccc(SC2(C(=O)O)C(C)C(=O)N(Cc3ccc(N)cc3)C2c2c[nH]c3cc(Cl)ccc23)cc1. The van der Waals surface area contributed by atoms with Gasteiger partial charge in [-0.05, 0) is 48.9 Å². The Labute approximate surface area is 218 Å². The van der Waals surface area contributed by atoms with Gasteiger partial charge in [0.15, 0.2) is 4.75 Å². The highest BCUT2D eigenvalue weighted by Gasteiger charge is 2.63. The van der Waals surface area contributed by atoms with E-state index in [2.05, 4.69) is 4.98 Å². The number of anilines is 1. The molecule has 0 bridgehead atoms. The molecule has 3 aromatic carbocycles. The molecule has 4 N–H and O–H groups in total. The number of likely N-dealkylation sites (tertiary alicyclic amines) is 1. The lowest BCUT2D eigenvalue weighted by Gasteiger charge is -2.35. The van der Waals surface area contributed by atoms with Gasteiger partial charge >= 0.3 is 5.97 Å². The standard InChI is InChI=1S/C28H26ClN3O3S/c1-16-3-10-21(11-4-16)36-28(27(34)35)17(2)26(33)32(15-18-5-8-20(30)9-6-18)25(28)23-14-31-24-13-19(29)7-12-22(23)24/h3-14,17,25,31H,15,30H2,1-2H3,(H,34,35). The minimum Gasteiger partial charge on any atom is -0.480 e.